The van der Waals surface area contributed by atoms with Crippen LogP contribution in [0, 0.1) is 0 Å². The fourth-order valence-electron chi connectivity index (χ4n) is 10.2. The normalized spacial score (nSPS) is 12.3. The van der Waals surface area contributed by atoms with E-state index in [1.807, 2.05) is 6.07 Å². The molecule has 11 aromatic rings. The van der Waals surface area contributed by atoms with Crippen LogP contribution in [0.5, 0.6) is 0 Å². The van der Waals surface area contributed by atoms with Crippen LogP contribution in [0.3, 0.4) is 0 Å². The summed E-state index contributed by atoms with van der Waals surface area (Å²) < 4.78 is 0. The molecular formula is C65H44N2. The van der Waals surface area contributed by atoms with E-state index < -0.39 is 5.41 Å². The molecule has 0 amide bonds. The maximum Gasteiger partial charge on any atom is 0.160 e. The molecule has 1 aromatic heterocycles. The average Bonchev–Trinajstić information content (AvgIpc) is 3.73. The zero-order chi connectivity index (χ0) is 44.6. The van der Waals surface area contributed by atoms with Gasteiger partial charge >= 0.3 is 0 Å². The summed E-state index contributed by atoms with van der Waals surface area (Å²) in [6.45, 7) is 0. The van der Waals surface area contributed by atoms with Crippen LogP contribution in [0.15, 0.2) is 267 Å². The van der Waals surface area contributed by atoms with Gasteiger partial charge < -0.3 is 0 Å². The van der Waals surface area contributed by atoms with Gasteiger partial charge in [-0.2, -0.15) is 0 Å². The Morgan fingerprint density at radius 3 is 1.16 bits per heavy atom. The summed E-state index contributed by atoms with van der Waals surface area (Å²) in [5.74, 6) is 0.681. The Morgan fingerprint density at radius 1 is 0.224 bits per heavy atom. The lowest BCUT2D eigenvalue weighted by atomic mass is 9.67. The van der Waals surface area contributed by atoms with E-state index in [0.29, 0.717) is 5.82 Å². The summed E-state index contributed by atoms with van der Waals surface area (Å²) in [4.78, 5) is 10.5. The lowest BCUT2D eigenvalue weighted by Gasteiger charge is -2.34. The van der Waals surface area contributed by atoms with E-state index in [1.165, 1.54) is 50.1 Å². The number of hydrogen-bond acceptors (Lipinski definition) is 2. The summed E-state index contributed by atoms with van der Waals surface area (Å²) in [5, 5.41) is 0. The Morgan fingerprint density at radius 2 is 0.582 bits per heavy atom. The molecule has 0 fully saturated rings. The van der Waals surface area contributed by atoms with Crippen molar-refractivity contribution in [3.05, 3.63) is 289 Å². The summed E-state index contributed by atoms with van der Waals surface area (Å²) >= 11 is 0. The third-order valence-corrected chi connectivity index (χ3v) is 13.4. The summed E-state index contributed by atoms with van der Waals surface area (Å²) in [6, 6.07) is 96.2. The highest BCUT2D eigenvalue weighted by Gasteiger charge is 2.45. The zero-order valence-electron chi connectivity index (χ0n) is 36.8. The lowest BCUT2D eigenvalue weighted by molar-refractivity contribution is 0.769. The highest BCUT2D eigenvalue weighted by Crippen LogP contribution is 2.56. The molecule has 0 N–H and O–H groups in total. The van der Waals surface area contributed by atoms with Crippen molar-refractivity contribution in [2.75, 3.05) is 0 Å². The van der Waals surface area contributed by atoms with Crippen LogP contribution in [0.2, 0.25) is 0 Å². The third kappa shape index (κ3) is 7.26. The van der Waals surface area contributed by atoms with Crippen LogP contribution in [0.4, 0.5) is 0 Å². The molecule has 1 aliphatic carbocycles. The van der Waals surface area contributed by atoms with Gasteiger partial charge in [-0.3, -0.25) is 0 Å². The van der Waals surface area contributed by atoms with Crippen LogP contribution in [-0.2, 0) is 5.41 Å². The van der Waals surface area contributed by atoms with Gasteiger partial charge in [0.1, 0.15) is 0 Å². The largest absolute Gasteiger partial charge is 0.228 e. The second-order valence-electron chi connectivity index (χ2n) is 17.3. The Labute approximate surface area is 392 Å². The van der Waals surface area contributed by atoms with Gasteiger partial charge in [0, 0.05) is 16.7 Å². The molecule has 2 heteroatoms. The molecule has 2 nitrogen and oxygen atoms in total. The molecule has 0 spiro atoms. The number of benzene rings is 10. The minimum Gasteiger partial charge on any atom is -0.228 e. The Kier molecular flexibility index (Phi) is 10.1. The van der Waals surface area contributed by atoms with Crippen molar-refractivity contribution in [3.8, 4) is 89.5 Å². The number of hydrogen-bond donors (Lipinski definition) is 0. The van der Waals surface area contributed by atoms with Gasteiger partial charge in [-0.25, -0.2) is 9.97 Å². The number of rotatable bonds is 9. The van der Waals surface area contributed by atoms with Crippen molar-refractivity contribution in [1.29, 1.82) is 0 Å². The van der Waals surface area contributed by atoms with Crippen molar-refractivity contribution in [3.63, 3.8) is 0 Å². The van der Waals surface area contributed by atoms with E-state index in [-0.39, 0.29) is 0 Å². The van der Waals surface area contributed by atoms with E-state index in [9.17, 15) is 0 Å². The molecule has 67 heavy (non-hydrogen) atoms. The van der Waals surface area contributed by atoms with Crippen LogP contribution < -0.4 is 0 Å². The molecule has 314 valence electrons. The molecule has 10 aromatic carbocycles. The van der Waals surface area contributed by atoms with Crippen LogP contribution >= 0.6 is 0 Å². The zero-order valence-corrected chi connectivity index (χ0v) is 36.8. The van der Waals surface area contributed by atoms with Crippen molar-refractivity contribution in [2.24, 2.45) is 0 Å². The maximum absolute atomic E-state index is 5.27. The van der Waals surface area contributed by atoms with Gasteiger partial charge in [0.05, 0.1) is 16.8 Å². The molecule has 1 heterocycles. The predicted molar refractivity (Wildman–Crippen MR) is 277 cm³/mol. The molecule has 0 aliphatic heterocycles. The number of aromatic nitrogens is 2. The summed E-state index contributed by atoms with van der Waals surface area (Å²) in [6.07, 6.45) is 0. The fourth-order valence-corrected chi connectivity index (χ4v) is 10.2. The van der Waals surface area contributed by atoms with Gasteiger partial charge in [-0.1, -0.05) is 231 Å². The van der Waals surface area contributed by atoms with E-state index in [1.54, 1.807) is 0 Å². The standard InChI is InChI=1S/C65H44N2/c1-5-19-45(20-6-1)47-35-37-49(38-36-47)63-44-62(48-23-9-3-10-24-48)66-64(67-63)52-27-17-25-50(39-52)54-40-53(46-21-7-2-8-22-46)41-55(42-54)51-26-18-30-57(43-51)65(56-28-11-4-12-29-56)60-33-15-13-31-58(60)59-32-14-16-34-61(59)65/h1-44H. The van der Waals surface area contributed by atoms with Crippen molar-refractivity contribution in [1.82, 2.24) is 9.97 Å². The highest BCUT2D eigenvalue weighted by atomic mass is 14.9. The first kappa shape index (κ1) is 39.8. The van der Waals surface area contributed by atoms with Crippen LogP contribution in [0.1, 0.15) is 22.3 Å². The van der Waals surface area contributed by atoms with Crippen LogP contribution in [-0.4, -0.2) is 9.97 Å². The molecule has 0 unspecified atom stereocenters. The summed E-state index contributed by atoms with van der Waals surface area (Å²) in [5.41, 5.74) is 21.2. The quantitative estimate of drug-likeness (QED) is 0.145. The minimum atomic E-state index is -0.490. The van der Waals surface area contributed by atoms with Gasteiger partial charge in [0.2, 0.25) is 0 Å². The van der Waals surface area contributed by atoms with Crippen molar-refractivity contribution < 1.29 is 0 Å². The van der Waals surface area contributed by atoms with E-state index in [4.69, 9.17) is 9.97 Å². The Hall–Kier alpha value is -8.72. The van der Waals surface area contributed by atoms with E-state index in [2.05, 4.69) is 261 Å². The number of nitrogens with zero attached hydrogens (tertiary/aromatic N) is 2. The first-order chi connectivity index (χ1) is 33.2. The molecule has 0 saturated carbocycles. The predicted octanol–water partition coefficient (Wildman–Crippen LogP) is 16.5. The molecule has 1 aliphatic rings. The smallest absolute Gasteiger partial charge is 0.160 e. The third-order valence-electron chi connectivity index (χ3n) is 13.4. The van der Waals surface area contributed by atoms with Crippen molar-refractivity contribution in [2.45, 2.75) is 5.41 Å². The van der Waals surface area contributed by atoms with E-state index >= 15 is 0 Å². The first-order valence-electron chi connectivity index (χ1n) is 23.0. The second-order valence-corrected chi connectivity index (χ2v) is 17.3. The molecule has 0 atom stereocenters. The monoisotopic (exact) mass is 852 g/mol. The van der Waals surface area contributed by atoms with Gasteiger partial charge in [-0.15, -0.1) is 0 Å². The molecule has 0 saturated heterocycles. The Bertz CT molecular complexity index is 3500. The SMILES string of the molecule is c1ccc(-c2ccc(-c3cc(-c4ccccc4)nc(-c4cccc(-c5cc(-c6ccccc6)cc(-c6cccc(C7(c8ccccc8)c8ccccc8-c8ccccc87)c6)c5)c4)n3)cc2)cc1. The van der Waals surface area contributed by atoms with Crippen LogP contribution in [0.25, 0.3) is 89.5 Å². The van der Waals surface area contributed by atoms with Gasteiger partial charge in [0.25, 0.3) is 0 Å². The Balaban J connectivity index is 0.992. The van der Waals surface area contributed by atoms with Gasteiger partial charge in [-0.05, 0) is 114 Å². The lowest BCUT2D eigenvalue weighted by Crippen LogP contribution is -2.28. The molecule has 0 radical (unpaired) electrons. The molecule has 0 bridgehead atoms. The highest BCUT2D eigenvalue weighted by molar-refractivity contribution is 5.88. The molecular weight excluding hydrogens is 809 g/mol. The average molecular weight is 853 g/mol. The minimum absolute atomic E-state index is 0.490. The molecule has 12 rings (SSSR count). The first-order valence-corrected chi connectivity index (χ1v) is 23.0. The topological polar surface area (TPSA) is 25.8 Å². The van der Waals surface area contributed by atoms with Crippen molar-refractivity contribution >= 4 is 0 Å². The summed E-state index contributed by atoms with van der Waals surface area (Å²) in [7, 11) is 0. The van der Waals surface area contributed by atoms with Gasteiger partial charge in [0.15, 0.2) is 5.82 Å². The number of fused-ring (bicyclic) bond motifs is 3. The fraction of sp³-hybridized carbons (Fsp3) is 0.0154. The maximum atomic E-state index is 5.27. The second kappa shape index (κ2) is 17.0. The van der Waals surface area contributed by atoms with E-state index in [0.717, 1.165) is 55.9 Å².